The van der Waals surface area contributed by atoms with E-state index in [1.54, 1.807) is 14.0 Å². The summed E-state index contributed by atoms with van der Waals surface area (Å²) in [4.78, 5) is 0. The lowest BCUT2D eigenvalue weighted by Crippen LogP contribution is -2.23. The second-order valence-corrected chi connectivity index (χ2v) is 2.14. The maximum Gasteiger partial charge on any atom is 0.0907 e. The Kier molecular flexibility index (Phi) is 5.00. The van der Waals surface area contributed by atoms with Crippen LogP contribution in [0, 0.1) is 11.8 Å². The summed E-state index contributed by atoms with van der Waals surface area (Å²) in [6.07, 6.45) is -0.0933. The molecule has 0 saturated heterocycles. The van der Waals surface area contributed by atoms with Gasteiger partial charge in [-0.15, -0.1) is 11.8 Å². The summed E-state index contributed by atoms with van der Waals surface area (Å²) in [7, 11) is 1.58. The fraction of sp³-hybridized carbons (Fsp3) is 0.750. The third-order valence-corrected chi connectivity index (χ3v) is 1.40. The van der Waals surface area contributed by atoms with Gasteiger partial charge in [0.1, 0.15) is 0 Å². The van der Waals surface area contributed by atoms with Crippen LogP contribution < -0.4 is 0 Å². The molecule has 0 aliphatic heterocycles. The molecule has 2 atom stereocenters. The summed E-state index contributed by atoms with van der Waals surface area (Å²) in [5.41, 5.74) is 0. The molecule has 0 radical (unpaired) electrons. The van der Waals surface area contributed by atoms with Gasteiger partial charge in [0.05, 0.1) is 12.2 Å². The number of ether oxygens (including phenoxy) is 1. The maximum atomic E-state index is 9.22. The topological polar surface area (TPSA) is 29.5 Å². The molecule has 0 heterocycles. The van der Waals surface area contributed by atoms with E-state index < -0.39 is 6.10 Å². The average molecular weight is 142 g/mol. The molecular formula is C8H14O2. The Bertz CT molecular complexity index is 132. The van der Waals surface area contributed by atoms with Gasteiger partial charge < -0.3 is 9.84 Å². The lowest BCUT2D eigenvalue weighted by Gasteiger charge is -2.13. The number of hydrogen-bond donors (Lipinski definition) is 1. The van der Waals surface area contributed by atoms with Crippen molar-refractivity contribution in [2.75, 3.05) is 7.11 Å². The minimum Gasteiger partial charge on any atom is -0.389 e. The molecule has 0 aromatic heterocycles. The van der Waals surface area contributed by atoms with Gasteiger partial charge in [-0.05, 0) is 13.8 Å². The molecule has 0 fully saturated rings. The van der Waals surface area contributed by atoms with Crippen LogP contribution in [0.5, 0.6) is 0 Å². The first-order chi connectivity index (χ1) is 4.72. The highest BCUT2D eigenvalue weighted by Crippen LogP contribution is 1.99. The van der Waals surface area contributed by atoms with Crippen LogP contribution in [0.1, 0.15) is 20.3 Å². The molecule has 1 N–H and O–H groups in total. The van der Waals surface area contributed by atoms with Crippen LogP contribution in [0.15, 0.2) is 0 Å². The monoisotopic (exact) mass is 142 g/mol. The lowest BCUT2D eigenvalue weighted by atomic mass is 10.2. The van der Waals surface area contributed by atoms with Crippen LogP contribution in [-0.2, 0) is 4.74 Å². The van der Waals surface area contributed by atoms with Gasteiger partial charge in [0.15, 0.2) is 0 Å². The minimum atomic E-state index is -0.461. The summed E-state index contributed by atoms with van der Waals surface area (Å²) in [5.74, 6) is 5.50. The van der Waals surface area contributed by atoms with E-state index in [0.29, 0.717) is 6.42 Å². The molecule has 0 aromatic rings. The molecule has 0 amide bonds. The molecule has 0 aliphatic carbocycles. The van der Waals surface area contributed by atoms with E-state index in [-0.39, 0.29) is 6.10 Å². The summed E-state index contributed by atoms with van der Waals surface area (Å²) < 4.78 is 4.89. The highest BCUT2D eigenvalue weighted by molar-refractivity contribution is 4.97. The molecule has 0 rings (SSSR count). The SMILES string of the molecule is CC#CCC(O)C(C)OC. The van der Waals surface area contributed by atoms with Gasteiger partial charge in [0, 0.05) is 13.5 Å². The van der Waals surface area contributed by atoms with Crippen molar-refractivity contribution in [3.8, 4) is 11.8 Å². The van der Waals surface area contributed by atoms with Crippen LogP contribution in [0.25, 0.3) is 0 Å². The molecule has 0 bridgehead atoms. The number of aliphatic hydroxyl groups excluding tert-OH is 1. The fourth-order valence-electron chi connectivity index (χ4n) is 0.530. The molecule has 58 valence electrons. The second-order valence-electron chi connectivity index (χ2n) is 2.14. The Hall–Kier alpha value is -0.520. The Morgan fingerprint density at radius 3 is 2.60 bits per heavy atom. The standard InChI is InChI=1S/C8H14O2/c1-4-5-6-8(9)7(2)10-3/h7-9H,6H2,1-3H3. The first-order valence-electron chi connectivity index (χ1n) is 3.32. The predicted octanol–water partition coefficient (Wildman–Crippen LogP) is 0.796. The summed E-state index contributed by atoms with van der Waals surface area (Å²) >= 11 is 0. The van der Waals surface area contributed by atoms with Crippen molar-refractivity contribution in [3.63, 3.8) is 0 Å². The highest BCUT2D eigenvalue weighted by Gasteiger charge is 2.10. The van der Waals surface area contributed by atoms with Crippen LogP contribution in [0.4, 0.5) is 0 Å². The van der Waals surface area contributed by atoms with E-state index in [1.807, 2.05) is 6.92 Å². The molecule has 0 saturated carbocycles. The molecule has 2 nitrogen and oxygen atoms in total. The van der Waals surface area contributed by atoms with Crippen LogP contribution in [-0.4, -0.2) is 24.4 Å². The van der Waals surface area contributed by atoms with Crippen LogP contribution in [0.2, 0.25) is 0 Å². The van der Waals surface area contributed by atoms with Crippen molar-refractivity contribution in [2.24, 2.45) is 0 Å². The van der Waals surface area contributed by atoms with Crippen molar-refractivity contribution >= 4 is 0 Å². The quantitative estimate of drug-likeness (QED) is 0.590. The van der Waals surface area contributed by atoms with Gasteiger partial charge in [-0.2, -0.15) is 0 Å². The van der Waals surface area contributed by atoms with Crippen molar-refractivity contribution in [1.29, 1.82) is 0 Å². The molecule has 2 heteroatoms. The van der Waals surface area contributed by atoms with Crippen LogP contribution >= 0.6 is 0 Å². The summed E-state index contributed by atoms with van der Waals surface area (Å²) in [6, 6.07) is 0. The van der Waals surface area contributed by atoms with Crippen molar-refractivity contribution in [1.82, 2.24) is 0 Å². The van der Waals surface area contributed by atoms with Gasteiger partial charge in [0.2, 0.25) is 0 Å². The maximum absolute atomic E-state index is 9.22. The third kappa shape index (κ3) is 3.49. The Morgan fingerprint density at radius 1 is 1.60 bits per heavy atom. The lowest BCUT2D eigenvalue weighted by molar-refractivity contribution is 0.00282. The molecule has 2 unspecified atom stereocenters. The summed E-state index contributed by atoms with van der Waals surface area (Å²) in [5, 5.41) is 9.22. The van der Waals surface area contributed by atoms with Gasteiger partial charge in [-0.3, -0.25) is 0 Å². The van der Waals surface area contributed by atoms with E-state index in [9.17, 15) is 5.11 Å². The molecule has 0 spiro atoms. The van der Waals surface area contributed by atoms with E-state index in [1.165, 1.54) is 0 Å². The minimum absolute atomic E-state index is 0.124. The third-order valence-electron chi connectivity index (χ3n) is 1.40. The van der Waals surface area contributed by atoms with Crippen molar-refractivity contribution in [3.05, 3.63) is 0 Å². The highest BCUT2D eigenvalue weighted by atomic mass is 16.5. The fourth-order valence-corrected chi connectivity index (χ4v) is 0.530. The Labute approximate surface area is 62.2 Å². The number of methoxy groups -OCH3 is 1. The molecule has 0 aliphatic rings. The predicted molar refractivity (Wildman–Crippen MR) is 40.5 cm³/mol. The number of aliphatic hydroxyl groups is 1. The summed E-state index contributed by atoms with van der Waals surface area (Å²) in [6.45, 7) is 3.58. The zero-order valence-corrected chi connectivity index (χ0v) is 6.72. The van der Waals surface area contributed by atoms with E-state index >= 15 is 0 Å². The zero-order chi connectivity index (χ0) is 7.98. The van der Waals surface area contributed by atoms with Crippen LogP contribution in [0.3, 0.4) is 0 Å². The first-order valence-corrected chi connectivity index (χ1v) is 3.32. The Balaban J connectivity index is 3.57. The number of hydrogen-bond acceptors (Lipinski definition) is 2. The average Bonchev–Trinajstić information content (AvgIpc) is 1.98. The second kappa shape index (κ2) is 5.28. The molecule has 10 heavy (non-hydrogen) atoms. The largest absolute Gasteiger partial charge is 0.389 e. The van der Waals surface area contributed by atoms with E-state index in [4.69, 9.17) is 4.74 Å². The first kappa shape index (κ1) is 9.48. The zero-order valence-electron chi connectivity index (χ0n) is 6.72. The van der Waals surface area contributed by atoms with Gasteiger partial charge in [0.25, 0.3) is 0 Å². The molecule has 0 aromatic carbocycles. The molecular weight excluding hydrogens is 128 g/mol. The van der Waals surface area contributed by atoms with Gasteiger partial charge in [-0.1, -0.05) is 0 Å². The Morgan fingerprint density at radius 2 is 2.20 bits per heavy atom. The van der Waals surface area contributed by atoms with E-state index in [0.717, 1.165) is 0 Å². The van der Waals surface area contributed by atoms with Crippen molar-refractivity contribution < 1.29 is 9.84 Å². The normalized spacial score (nSPS) is 15.2. The number of rotatable bonds is 3. The van der Waals surface area contributed by atoms with Gasteiger partial charge >= 0.3 is 0 Å². The van der Waals surface area contributed by atoms with Gasteiger partial charge in [-0.25, -0.2) is 0 Å². The van der Waals surface area contributed by atoms with E-state index in [2.05, 4.69) is 11.8 Å². The van der Waals surface area contributed by atoms with Crippen molar-refractivity contribution in [2.45, 2.75) is 32.5 Å². The smallest absolute Gasteiger partial charge is 0.0907 e.